The average Bonchev–Trinajstić information content (AvgIpc) is 2.44. The molecular formula is C12H10N4OS. The first-order chi connectivity index (χ1) is 8.75. The van der Waals surface area contributed by atoms with Crippen molar-refractivity contribution in [2.24, 2.45) is 12.1 Å². The summed E-state index contributed by atoms with van der Waals surface area (Å²) in [5.41, 5.74) is 4.39. The maximum atomic E-state index is 12.0. The van der Waals surface area contributed by atoms with Crippen molar-refractivity contribution in [3.05, 3.63) is 52.4 Å². The molecule has 0 amide bonds. The van der Waals surface area contributed by atoms with Gasteiger partial charge in [0.1, 0.15) is 9.94 Å². The van der Waals surface area contributed by atoms with Crippen LogP contribution in [0, 0.1) is 0 Å². The van der Waals surface area contributed by atoms with Crippen molar-refractivity contribution in [1.29, 1.82) is 0 Å². The second-order valence-electron chi connectivity index (χ2n) is 3.81. The normalized spacial score (nSPS) is 13.5. The molecule has 1 aromatic heterocycles. The van der Waals surface area contributed by atoms with Crippen molar-refractivity contribution in [2.75, 3.05) is 5.43 Å². The van der Waals surface area contributed by atoms with E-state index in [1.165, 1.54) is 16.4 Å². The molecule has 18 heavy (non-hydrogen) atoms. The van der Waals surface area contributed by atoms with E-state index in [9.17, 15) is 4.79 Å². The molecule has 1 aliphatic rings. The Labute approximate surface area is 108 Å². The second-order valence-corrected chi connectivity index (χ2v) is 4.81. The minimum atomic E-state index is -0.117. The summed E-state index contributed by atoms with van der Waals surface area (Å²) in [6.07, 6.45) is 1.61. The monoisotopic (exact) mass is 258 g/mol. The highest BCUT2D eigenvalue weighted by molar-refractivity contribution is 8.14. The molecule has 0 saturated carbocycles. The maximum absolute atomic E-state index is 12.0. The third kappa shape index (κ3) is 1.80. The summed E-state index contributed by atoms with van der Waals surface area (Å²) in [5, 5.41) is 8.99. The molecule has 90 valence electrons. The molecule has 0 aliphatic carbocycles. The number of hydrazone groups is 1. The van der Waals surface area contributed by atoms with E-state index >= 15 is 0 Å². The van der Waals surface area contributed by atoms with Crippen LogP contribution in [0.2, 0.25) is 0 Å². The molecule has 2 heterocycles. The predicted molar refractivity (Wildman–Crippen MR) is 71.9 cm³/mol. The van der Waals surface area contributed by atoms with Crippen LogP contribution in [0.4, 0.5) is 5.69 Å². The van der Waals surface area contributed by atoms with Crippen molar-refractivity contribution >= 4 is 22.5 Å². The van der Waals surface area contributed by atoms with E-state index in [4.69, 9.17) is 0 Å². The summed E-state index contributed by atoms with van der Waals surface area (Å²) in [7, 11) is 1.64. The number of nitrogens with zero attached hydrogens (tertiary/aromatic N) is 3. The van der Waals surface area contributed by atoms with Gasteiger partial charge in [0.15, 0.2) is 0 Å². The molecule has 2 aromatic rings. The Morgan fingerprint density at radius 3 is 2.83 bits per heavy atom. The molecule has 0 unspecified atom stereocenters. The maximum Gasteiger partial charge on any atom is 0.282 e. The first kappa shape index (κ1) is 11.0. The van der Waals surface area contributed by atoms with Crippen LogP contribution < -0.4 is 11.0 Å². The Morgan fingerprint density at radius 1 is 1.28 bits per heavy atom. The third-order valence-electron chi connectivity index (χ3n) is 2.59. The summed E-state index contributed by atoms with van der Waals surface area (Å²) in [6, 6.07) is 9.76. The number of benzene rings is 1. The molecular weight excluding hydrogens is 248 g/mol. The average molecular weight is 258 g/mol. The number of nitrogens with one attached hydrogen (secondary N) is 1. The van der Waals surface area contributed by atoms with Crippen molar-refractivity contribution in [3.63, 3.8) is 0 Å². The lowest BCUT2D eigenvalue weighted by Gasteiger charge is -2.15. The first-order valence-electron chi connectivity index (χ1n) is 5.39. The number of hydrogen-bond acceptors (Lipinski definition) is 5. The standard InChI is InChI=1S/C12H10N4OS/c1-16-12(17)10-9(7-13-16)14-15-11(18-10)8-5-3-2-4-6-8/h2-7,14H,1H3. The van der Waals surface area contributed by atoms with Crippen molar-refractivity contribution in [1.82, 2.24) is 9.78 Å². The van der Waals surface area contributed by atoms with Crippen LogP contribution in [0.5, 0.6) is 0 Å². The number of fused-ring (bicyclic) bond motifs is 1. The van der Waals surface area contributed by atoms with Gasteiger partial charge in [-0.2, -0.15) is 10.2 Å². The van der Waals surface area contributed by atoms with Gasteiger partial charge in [-0.3, -0.25) is 10.2 Å². The fourth-order valence-electron chi connectivity index (χ4n) is 1.63. The van der Waals surface area contributed by atoms with Gasteiger partial charge in [0, 0.05) is 12.6 Å². The highest BCUT2D eigenvalue weighted by Crippen LogP contribution is 2.30. The molecule has 1 N–H and O–H groups in total. The number of hydrogen-bond donors (Lipinski definition) is 1. The zero-order valence-corrected chi connectivity index (χ0v) is 10.4. The Balaban J connectivity index is 2.04. The molecule has 0 fully saturated rings. The Kier molecular flexibility index (Phi) is 2.64. The molecule has 5 nitrogen and oxygen atoms in total. The number of aryl methyl sites for hydroxylation is 1. The Hall–Kier alpha value is -2.08. The lowest BCUT2D eigenvalue weighted by molar-refractivity contribution is 0.689. The predicted octanol–water partition coefficient (Wildman–Crippen LogP) is 1.66. The van der Waals surface area contributed by atoms with Crippen LogP contribution in [-0.2, 0) is 7.05 Å². The van der Waals surface area contributed by atoms with Gasteiger partial charge in [0.05, 0.1) is 11.9 Å². The summed E-state index contributed by atoms with van der Waals surface area (Å²) in [4.78, 5) is 12.6. The van der Waals surface area contributed by atoms with Crippen LogP contribution in [0.15, 0.2) is 51.3 Å². The zero-order chi connectivity index (χ0) is 12.5. The Bertz CT molecular complexity index is 678. The fourth-order valence-corrected chi connectivity index (χ4v) is 2.60. The smallest absolute Gasteiger partial charge is 0.274 e. The molecule has 0 radical (unpaired) electrons. The van der Waals surface area contributed by atoms with E-state index in [-0.39, 0.29) is 5.56 Å². The lowest BCUT2D eigenvalue weighted by atomic mass is 10.2. The number of rotatable bonds is 1. The van der Waals surface area contributed by atoms with Crippen LogP contribution >= 0.6 is 11.8 Å². The van der Waals surface area contributed by atoms with Gasteiger partial charge in [-0.25, -0.2) is 4.68 Å². The molecule has 6 heteroatoms. The second kappa shape index (κ2) is 4.30. The zero-order valence-electron chi connectivity index (χ0n) is 9.62. The molecule has 3 rings (SSSR count). The van der Waals surface area contributed by atoms with E-state index in [0.29, 0.717) is 10.6 Å². The van der Waals surface area contributed by atoms with E-state index < -0.39 is 0 Å². The minimum Gasteiger partial charge on any atom is -0.274 e. The van der Waals surface area contributed by atoms with Crippen molar-refractivity contribution in [2.45, 2.75) is 4.90 Å². The van der Waals surface area contributed by atoms with E-state index in [1.54, 1.807) is 13.2 Å². The quantitative estimate of drug-likeness (QED) is 0.845. The highest BCUT2D eigenvalue weighted by Gasteiger charge is 2.19. The minimum absolute atomic E-state index is 0.117. The third-order valence-corrected chi connectivity index (χ3v) is 3.71. The highest BCUT2D eigenvalue weighted by atomic mass is 32.2. The van der Waals surface area contributed by atoms with Gasteiger partial charge in [0.2, 0.25) is 0 Å². The molecule has 0 saturated heterocycles. The lowest BCUT2D eigenvalue weighted by Crippen LogP contribution is -2.24. The fraction of sp³-hybridized carbons (Fsp3) is 0.0833. The van der Waals surface area contributed by atoms with E-state index in [2.05, 4.69) is 15.6 Å². The van der Waals surface area contributed by atoms with Crippen LogP contribution in [0.3, 0.4) is 0 Å². The van der Waals surface area contributed by atoms with Crippen molar-refractivity contribution < 1.29 is 0 Å². The molecule has 0 spiro atoms. The number of aromatic nitrogens is 2. The summed E-state index contributed by atoms with van der Waals surface area (Å²) in [6.45, 7) is 0. The topological polar surface area (TPSA) is 59.3 Å². The number of anilines is 1. The molecule has 0 bridgehead atoms. The van der Waals surface area contributed by atoms with Crippen LogP contribution in [-0.4, -0.2) is 14.8 Å². The van der Waals surface area contributed by atoms with Crippen LogP contribution in [0.25, 0.3) is 0 Å². The molecule has 1 aromatic carbocycles. The first-order valence-corrected chi connectivity index (χ1v) is 6.20. The summed E-state index contributed by atoms with van der Waals surface area (Å²) < 4.78 is 1.32. The van der Waals surface area contributed by atoms with Gasteiger partial charge in [0.25, 0.3) is 5.56 Å². The van der Waals surface area contributed by atoms with E-state index in [1.807, 2.05) is 30.3 Å². The largest absolute Gasteiger partial charge is 0.282 e. The van der Waals surface area contributed by atoms with Gasteiger partial charge in [-0.05, 0) is 0 Å². The SMILES string of the molecule is Cn1ncc2c(c1=O)SC(c1ccccc1)=NN2. The summed E-state index contributed by atoms with van der Waals surface area (Å²) in [5.74, 6) is 0. The van der Waals surface area contributed by atoms with Gasteiger partial charge < -0.3 is 0 Å². The van der Waals surface area contributed by atoms with E-state index in [0.717, 1.165) is 10.6 Å². The van der Waals surface area contributed by atoms with Gasteiger partial charge in [-0.1, -0.05) is 42.1 Å². The van der Waals surface area contributed by atoms with Gasteiger partial charge >= 0.3 is 0 Å². The number of thioether (sulfide) groups is 1. The molecule has 1 aliphatic heterocycles. The van der Waals surface area contributed by atoms with Gasteiger partial charge in [-0.15, -0.1) is 0 Å². The Morgan fingerprint density at radius 2 is 2.06 bits per heavy atom. The van der Waals surface area contributed by atoms with Crippen LogP contribution in [0.1, 0.15) is 5.56 Å². The summed E-state index contributed by atoms with van der Waals surface area (Å²) >= 11 is 1.37. The molecule has 0 atom stereocenters. The van der Waals surface area contributed by atoms with Crippen molar-refractivity contribution in [3.8, 4) is 0 Å².